The maximum absolute atomic E-state index is 13.7. The van der Waals surface area contributed by atoms with E-state index in [0.29, 0.717) is 6.54 Å². The van der Waals surface area contributed by atoms with Crippen molar-refractivity contribution in [3.05, 3.63) is 35.6 Å². The molecule has 0 aliphatic carbocycles. The van der Waals surface area contributed by atoms with Gasteiger partial charge in [0.1, 0.15) is 5.82 Å². The summed E-state index contributed by atoms with van der Waals surface area (Å²) >= 11 is 0. The lowest BCUT2D eigenvalue weighted by Gasteiger charge is -2.34. The summed E-state index contributed by atoms with van der Waals surface area (Å²) in [5.41, 5.74) is 1.02. The lowest BCUT2D eigenvalue weighted by Crippen LogP contribution is -2.40. The van der Waals surface area contributed by atoms with Crippen molar-refractivity contribution < 1.29 is 4.39 Å². The highest BCUT2D eigenvalue weighted by atomic mass is 19.1. The fourth-order valence-corrected chi connectivity index (χ4v) is 2.88. The summed E-state index contributed by atoms with van der Waals surface area (Å²) in [6, 6.07) is 7.04. The number of hydrogen-bond donors (Lipinski definition) is 1. The van der Waals surface area contributed by atoms with Crippen molar-refractivity contribution in [3.8, 4) is 0 Å². The van der Waals surface area contributed by atoms with Gasteiger partial charge in [0.05, 0.1) is 0 Å². The molecule has 0 aliphatic heterocycles. The van der Waals surface area contributed by atoms with E-state index in [1.807, 2.05) is 12.1 Å². The molecule has 0 fully saturated rings. The lowest BCUT2D eigenvalue weighted by molar-refractivity contribution is 0.168. The predicted molar refractivity (Wildman–Crippen MR) is 84.3 cm³/mol. The highest BCUT2D eigenvalue weighted by Gasteiger charge is 2.24. The van der Waals surface area contributed by atoms with E-state index >= 15 is 0 Å². The molecule has 0 saturated carbocycles. The van der Waals surface area contributed by atoms with E-state index in [2.05, 4.69) is 38.0 Å². The van der Waals surface area contributed by atoms with Crippen LogP contribution >= 0.6 is 0 Å². The van der Waals surface area contributed by atoms with Gasteiger partial charge in [0.25, 0.3) is 0 Å². The van der Waals surface area contributed by atoms with Crippen LogP contribution in [0.15, 0.2) is 24.3 Å². The summed E-state index contributed by atoms with van der Waals surface area (Å²) in [4.78, 5) is 2.23. The van der Waals surface area contributed by atoms with E-state index in [-0.39, 0.29) is 11.2 Å². The summed E-state index contributed by atoms with van der Waals surface area (Å²) in [6.45, 7) is 10.3. The molecular weight excluding hydrogens is 251 g/mol. The molecule has 0 bridgehead atoms. The van der Waals surface area contributed by atoms with Gasteiger partial charge in [0.2, 0.25) is 0 Å². The van der Waals surface area contributed by atoms with Crippen molar-refractivity contribution in [1.82, 2.24) is 10.2 Å². The summed E-state index contributed by atoms with van der Waals surface area (Å²) in [5.74, 6) is -0.108. The minimum atomic E-state index is -0.108. The Hall–Kier alpha value is -0.930. The Balaban J connectivity index is 2.61. The molecule has 0 aromatic heterocycles. The van der Waals surface area contributed by atoms with Crippen LogP contribution in [-0.2, 0) is 6.54 Å². The Morgan fingerprint density at radius 3 is 2.55 bits per heavy atom. The Morgan fingerprint density at radius 1 is 1.25 bits per heavy atom. The van der Waals surface area contributed by atoms with Gasteiger partial charge in [-0.1, -0.05) is 45.4 Å². The fourth-order valence-electron chi connectivity index (χ4n) is 2.88. The Kier molecular flexibility index (Phi) is 7.17. The number of hydrogen-bond acceptors (Lipinski definition) is 2. The fraction of sp³-hybridized carbons (Fsp3) is 0.647. The smallest absolute Gasteiger partial charge is 0.127 e. The van der Waals surface area contributed by atoms with Crippen LogP contribution in [0.4, 0.5) is 4.39 Å². The molecule has 1 unspecified atom stereocenters. The van der Waals surface area contributed by atoms with Gasteiger partial charge in [-0.15, -0.1) is 0 Å². The summed E-state index contributed by atoms with van der Waals surface area (Å²) in [7, 11) is 2.08. The van der Waals surface area contributed by atoms with Gasteiger partial charge in [-0.2, -0.15) is 0 Å². The zero-order valence-electron chi connectivity index (χ0n) is 13.4. The van der Waals surface area contributed by atoms with E-state index < -0.39 is 0 Å². The molecule has 0 aliphatic rings. The second kappa shape index (κ2) is 8.38. The first kappa shape index (κ1) is 17.1. The summed E-state index contributed by atoms with van der Waals surface area (Å²) in [6.07, 6.45) is 2.36. The van der Waals surface area contributed by atoms with Crippen molar-refractivity contribution in [3.63, 3.8) is 0 Å². The molecule has 0 heterocycles. The van der Waals surface area contributed by atoms with Crippen LogP contribution < -0.4 is 5.32 Å². The minimum Gasteiger partial charge on any atom is -0.316 e. The van der Waals surface area contributed by atoms with Gasteiger partial charge >= 0.3 is 0 Å². The third-order valence-electron chi connectivity index (χ3n) is 3.71. The first-order valence-electron chi connectivity index (χ1n) is 7.63. The molecule has 1 rings (SSSR count). The molecule has 20 heavy (non-hydrogen) atoms. The van der Waals surface area contributed by atoms with Crippen molar-refractivity contribution in [2.24, 2.45) is 5.41 Å². The lowest BCUT2D eigenvalue weighted by atomic mass is 9.84. The van der Waals surface area contributed by atoms with Crippen molar-refractivity contribution in [1.29, 1.82) is 0 Å². The second-order valence-corrected chi connectivity index (χ2v) is 6.10. The molecule has 0 spiro atoms. The second-order valence-electron chi connectivity index (χ2n) is 6.10. The SMILES string of the molecule is CCCC(C)(CNCC)CN(C)Cc1ccccc1F. The van der Waals surface area contributed by atoms with Gasteiger partial charge in [-0.25, -0.2) is 4.39 Å². The van der Waals surface area contributed by atoms with Crippen molar-refractivity contribution in [2.75, 3.05) is 26.7 Å². The highest BCUT2D eigenvalue weighted by molar-refractivity contribution is 5.17. The number of nitrogens with one attached hydrogen (secondary N) is 1. The van der Waals surface area contributed by atoms with E-state index in [0.717, 1.165) is 25.2 Å². The average molecular weight is 280 g/mol. The zero-order chi connectivity index (χ0) is 15.0. The average Bonchev–Trinajstić information content (AvgIpc) is 2.39. The van der Waals surface area contributed by atoms with Crippen LogP contribution in [-0.4, -0.2) is 31.6 Å². The quantitative estimate of drug-likeness (QED) is 0.742. The molecule has 114 valence electrons. The number of nitrogens with zero attached hydrogens (tertiary/aromatic N) is 1. The van der Waals surface area contributed by atoms with Gasteiger partial charge < -0.3 is 10.2 Å². The predicted octanol–water partition coefficient (Wildman–Crippen LogP) is 3.67. The van der Waals surface area contributed by atoms with Crippen LogP contribution in [0.3, 0.4) is 0 Å². The maximum Gasteiger partial charge on any atom is 0.127 e. The molecule has 0 radical (unpaired) electrons. The van der Waals surface area contributed by atoms with Crippen molar-refractivity contribution >= 4 is 0 Å². The zero-order valence-corrected chi connectivity index (χ0v) is 13.4. The van der Waals surface area contributed by atoms with Gasteiger partial charge in [0, 0.05) is 25.2 Å². The summed E-state index contributed by atoms with van der Waals surface area (Å²) in [5, 5.41) is 3.45. The highest BCUT2D eigenvalue weighted by Crippen LogP contribution is 2.24. The first-order chi connectivity index (χ1) is 9.50. The monoisotopic (exact) mass is 280 g/mol. The molecule has 0 amide bonds. The minimum absolute atomic E-state index is 0.108. The van der Waals surface area contributed by atoms with E-state index in [1.54, 1.807) is 6.07 Å². The number of benzene rings is 1. The van der Waals surface area contributed by atoms with E-state index in [1.165, 1.54) is 18.9 Å². The third-order valence-corrected chi connectivity index (χ3v) is 3.71. The van der Waals surface area contributed by atoms with Crippen LogP contribution in [0.1, 0.15) is 39.2 Å². The standard InChI is InChI=1S/C17H29FN2/c1-5-11-17(3,13-19-6-2)14-20(4)12-15-9-7-8-10-16(15)18/h7-10,19H,5-6,11-14H2,1-4H3. The van der Waals surface area contributed by atoms with Gasteiger partial charge in [0.15, 0.2) is 0 Å². The first-order valence-corrected chi connectivity index (χ1v) is 7.63. The molecule has 0 saturated heterocycles. The molecule has 2 nitrogen and oxygen atoms in total. The topological polar surface area (TPSA) is 15.3 Å². The van der Waals surface area contributed by atoms with Gasteiger partial charge in [-0.05, 0) is 31.5 Å². The van der Waals surface area contributed by atoms with Gasteiger partial charge in [-0.3, -0.25) is 0 Å². The number of rotatable bonds is 9. The van der Waals surface area contributed by atoms with Crippen LogP contribution in [0.5, 0.6) is 0 Å². The molecule has 3 heteroatoms. The van der Waals surface area contributed by atoms with Crippen LogP contribution in [0.2, 0.25) is 0 Å². The normalized spacial score (nSPS) is 14.5. The van der Waals surface area contributed by atoms with E-state index in [4.69, 9.17) is 0 Å². The van der Waals surface area contributed by atoms with Crippen LogP contribution in [0.25, 0.3) is 0 Å². The van der Waals surface area contributed by atoms with Crippen LogP contribution in [0, 0.1) is 11.2 Å². The molecular formula is C17H29FN2. The third kappa shape index (κ3) is 5.59. The molecule has 1 aromatic carbocycles. The Bertz CT molecular complexity index is 394. The molecule has 1 N–H and O–H groups in total. The van der Waals surface area contributed by atoms with Crippen molar-refractivity contribution in [2.45, 2.75) is 40.2 Å². The number of halogens is 1. The largest absolute Gasteiger partial charge is 0.316 e. The maximum atomic E-state index is 13.7. The molecule has 1 atom stereocenters. The van der Waals surface area contributed by atoms with E-state index in [9.17, 15) is 4.39 Å². The molecule has 1 aromatic rings. The Labute approximate surface area is 123 Å². The summed E-state index contributed by atoms with van der Waals surface area (Å²) < 4.78 is 13.7. The Morgan fingerprint density at radius 2 is 1.95 bits per heavy atom.